The van der Waals surface area contributed by atoms with Crippen LogP contribution in [0, 0.1) is 11.8 Å². The largest absolute Gasteiger partial charge is 0.306 e. The fourth-order valence-corrected chi connectivity index (χ4v) is 2.21. The van der Waals surface area contributed by atoms with E-state index in [0.717, 1.165) is 0 Å². The third-order valence-electron chi connectivity index (χ3n) is 3.15. The second-order valence-electron chi connectivity index (χ2n) is 3.98. The van der Waals surface area contributed by atoms with E-state index in [-0.39, 0.29) is 11.8 Å². The van der Waals surface area contributed by atoms with E-state index in [2.05, 4.69) is 4.90 Å². The Bertz CT molecular complexity index is 165. The molecule has 64 valence electrons. The van der Waals surface area contributed by atoms with Gasteiger partial charge in [0.25, 0.3) is 5.92 Å². The predicted molar refractivity (Wildman–Crippen MR) is 38.6 cm³/mol. The maximum absolute atomic E-state index is 12.7. The number of hydrogen-bond donors (Lipinski definition) is 0. The zero-order chi connectivity index (χ0) is 8.22. The lowest BCUT2D eigenvalue weighted by Crippen LogP contribution is -2.28. The van der Waals surface area contributed by atoms with Crippen LogP contribution in [-0.2, 0) is 0 Å². The number of rotatable bonds is 1. The first kappa shape index (κ1) is 7.47. The molecule has 0 aromatic carbocycles. The van der Waals surface area contributed by atoms with Crippen molar-refractivity contribution in [3.8, 4) is 0 Å². The fourth-order valence-electron chi connectivity index (χ4n) is 2.21. The third-order valence-corrected chi connectivity index (χ3v) is 3.15. The molecule has 1 nitrogen and oxygen atoms in total. The molecule has 2 fully saturated rings. The molecule has 2 atom stereocenters. The van der Waals surface area contributed by atoms with E-state index in [1.165, 1.54) is 0 Å². The van der Waals surface area contributed by atoms with Gasteiger partial charge in [-0.05, 0) is 26.9 Å². The smallest absolute Gasteiger partial charge is 0.254 e. The van der Waals surface area contributed by atoms with Gasteiger partial charge in [0.2, 0.25) is 0 Å². The normalized spacial score (nSPS) is 46.1. The summed E-state index contributed by atoms with van der Waals surface area (Å²) in [5.74, 6) is -2.86. The topological polar surface area (TPSA) is 3.24 Å². The van der Waals surface area contributed by atoms with Crippen LogP contribution in [0.15, 0.2) is 0 Å². The van der Waals surface area contributed by atoms with Crippen molar-refractivity contribution < 1.29 is 8.78 Å². The van der Waals surface area contributed by atoms with Crippen LogP contribution in [0.4, 0.5) is 8.78 Å². The molecule has 0 aromatic rings. The van der Waals surface area contributed by atoms with Crippen LogP contribution >= 0.6 is 0 Å². The number of nitrogens with zero attached hydrogens (tertiary/aromatic N) is 1. The predicted octanol–water partition coefficient (Wildman–Crippen LogP) is 1.59. The molecule has 0 bridgehead atoms. The van der Waals surface area contributed by atoms with Crippen LogP contribution in [0.1, 0.15) is 12.8 Å². The second kappa shape index (κ2) is 1.94. The Morgan fingerprint density at radius 1 is 1.18 bits per heavy atom. The molecule has 2 aliphatic rings. The standard InChI is InChI=1S/C8H13F2N/c1-11(2)5-3-6-7(4-5)8(6,9)10/h5-7H,3-4H2,1-2H3. The van der Waals surface area contributed by atoms with E-state index in [4.69, 9.17) is 0 Å². The molecule has 0 spiro atoms. The zero-order valence-corrected chi connectivity index (χ0v) is 6.85. The van der Waals surface area contributed by atoms with Crippen molar-refractivity contribution in [2.75, 3.05) is 14.1 Å². The first-order chi connectivity index (χ1) is 5.03. The van der Waals surface area contributed by atoms with E-state index >= 15 is 0 Å². The van der Waals surface area contributed by atoms with Crippen molar-refractivity contribution in [3.63, 3.8) is 0 Å². The van der Waals surface area contributed by atoms with Crippen molar-refractivity contribution in [1.82, 2.24) is 4.90 Å². The van der Waals surface area contributed by atoms with Gasteiger partial charge in [-0.3, -0.25) is 0 Å². The lowest BCUT2D eigenvalue weighted by Gasteiger charge is -2.21. The third kappa shape index (κ3) is 0.901. The Morgan fingerprint density at radius 3 is 2.00 bits per heavy atom. The molecular formula is C8H13F2N. The monoisotopic (exact) mass is 161 g/mol. The van der Waals surface area contributed by atoms with Gasteiger partial charge in [-0.15, -0.1) is 0 Å². The first-order valence-electron chi connectivity index (χ1n) is 4.07. The highest BCUT2D eigenvalue weighted by atomic mass is 19.3. The molecule has 3 heteroatoms. The van der Waals surface area contributed by atoms with Crippen molar-refractivity contribution in [2.24, 2.45) is 11.8 Å². The van der Waals surface area contributed by atoms with Crippen LogP contribution in [0.2, 0.25) is 0 Å². The maximum atomic E-state index is 12.7. The number of hydrogen-bond acceptors (Lipinski definition) is 1. The van der Waals surface area contributed by atoms with E-state index in [1.54, 1.807) is 0 Å². The van der Waals surface area contributed by atoms with Crippen molar-refractivity contribution in [3.05, 3.63) is 0 Å². The molecule has 0 heterocycles. The summed E-state index contributed by atoms with van der Waals surface area (Å²) in [7, 11) is 3.93. The van der Waals surface area contributed by atoms with E-state index < -0.39 is 5.92 Å². The number of halogens is 2. The Labute approximate surface area is 65.4 Å². The summed E-state index contributed by atoms with van der Waals surface area (Å²) >= 11 is 0. The van der Waals surface area contributed by atoms with Gasteiger partial charge < -0.3 is 4.90 Å². The molecule has 11 heavy (non-hydrogen) atoms. The minimum absolute atomic E-state index is 0.283. The summed E-state index contributed by atoms with van der Waals surface area (Å²) in [5, 5.41) is 0. The van der Waals surface area contributed by atoms with Gasteiger partial charge in [0, 0.05) is 17.9 Å². The molecular weight excluding hydrogens is 148 g/mol. The molecule has 0 aromatic heterocycles. The quantitative estimate of drug-likeness (QED) is 0.564. The van der Waals surface area contributed by atoms with Gasteiger partial charge in [0.15, 0.2) is 0 Å². The van der Waals surface area contributed by atoms with Gasteiger partial charge >= 0.3 is 0 Å². The Hall–Kier alpha value is -0.180. The fraction of sp³-hybridized carbons (Fsp3) is 1.00. The highest BCUT2D eigenvalue weighted by Crippen LogP contribution is 2.64. The molecule has 0 amide bonds. The van der Waals surface area contributed by atoms with Crippen molar-refractivity contribution in [1.29, 1.82) is 0 Å². The number of alkyl halides is 2. The molecule has 2 aliphatic carbocycles. The van der Waals surface area contributed by atoms with Crippen LogP contribution in [-0.4, -0.2) is 31.0 Å². The summed E-state index contributed by atoms with van der Waals surface area (Å²) in [4.78, 5) is 2.06. The SMILES string of the molecule is CN(C)C1CC2C(C1)C2(F)F. The molecule has 2 rings (SSSR count). The van der Waals surface area contributed by atoms with Crippen LogP contribution in [0.5, 0.6) is 0 Å². The average Bonchev–Trinajstić information content (AvgIpc) is 2.28. The van der Waals surface area contributed by atoms with Crippen LogP contribution in [0.3, 0.4) is 0 Å². The summed E-state index contributed by atoms with van der Waals surface area (Å²) in [6, 6.07) is 0.407. The lowest BCUT2D eigenvalue weighted by atomic mass is 10.1. The molecule has 0 aliphatic heterocycles. The highest BCUT2D eigenvalue weighted by molar-refractivity contribution is 5.12. The molecule has 0 N–H and O–H groups in total. The van der Waals surface area contributed by atoms with Crippen molar-refractivity contribution >= 4 is 0 Å². The molecule has 0 radical (unpaired) electrons. The van der Waals surface area contributed by atoms with E-state index in [0.29, 0.717) is 18.9 Å². The van der Waals surface area contributed by atoms with Gasteiger partial charge in [-0.1, -0.05) is 0 Å². The minimum Gasteiger partial charge on any atom is -0.306 e. The second-order valence-corrected chi connectivity index (χ2v) is 3.98. The number of fused-ring (bicyclic) bond motifs is 1. The molecule has 2 unspecified atom stereocenters. The maximum Gasteiger partial charge on any atom is 0.254 e. The van der Waals surface area contributed by atoms with Crippen LogP contribution in [0.25, 0.3) is 0 Å². The van der Waals surface area contributed by atoms with Gasteiger partial charge in [-0.2, -0.15) is 0 Å². The zero-order valence-electron chi connectivity index (χ0n) is 6.85. The summed E-state index contributed by atoms with van der Waals surface area (Å²) in [5.41, 5.74) is 0. The summed E-state index contributed by atoms with van der Waals surface area (Å²) in [6.07, 6.45) is 1.40. The first-order valence-corrected chi connectivity index (χ1v) is 4.07. The van der Waals surface area contributed by atoms with Crippen LogP contribution < -0.4 is 0 Å². The van der Waals surface area contributed by atoms with E-state index in [1.807, 2.05) is 14.1 Å². The Kier molecular flexibility index (Phi) is 1.32. The minimum atomic E-state index is -2.30. The van der Waals surface area contributed by atoms with E-state index in [9.17, 15) is 8.78 Å². The van der Waals surface area contributed by atoms with Gasteiger partial charge in [0.05, 0.1) is 0 Å². The summed E-state index contributed by atoms with van der Waals surface area (Å²) in [6.45, 7) is 0. The van der Waals surface area contributed by atoms with Gasteiger partial charge in [0.1, 0.15) is 0 Å². The van der Waals surface area contributed by atoms with Crippen molar-refractivity contribution in [2.45, 2.75) is 24.8 Å². The molecule has 0 saturated heterocycles. The Balaban J connectivity index is 1.95. The summed E-state index contributed by atoms with van der Waals surface area (Å²) < 4.78 is 25.3. The average molecular weight is 161 g/mol. The molecule has 2 saturated carbocycles. The lowest BCUT2D eigenvalue weighted by molar-refractivity contribution is 0.0583. The van der Waals surface area contributed by atoms with Gasteiger partial charge in [-0.25, -0.2) is 8.78 Å². The Morgan fingerprint density at radius 2 is 1.64 bits per heavy atom. The highest BCUT2D eigenvalue weighted by Gasteiger charge is 2.71.